The van der Waals surface area contributed by atoms with E-state index in [1.54, 1.807) is 17.7 Å². The van der Waals surface area contributed by atoms with Gasteiger partial charge in [-0.2, -0.15) is 0 Å². The molecule has 6 nitrogen and oxygen atoms in total. The Kier molecular flexibility index (Phi) is 5.37. The molecule has 0 spiro atoms. The topological polar surface area (TPSA) is 73.2 Å². The predicted octanol–water partition coefficient (Wildman–Crippen LogP) is 1.61. The zero-order valence-electron chi connectivity index (χ0n) is 13.7. The molecule has 0 radical (unpaired) electrons. The highest BCUT2D eigenvalue weighted by molar-refractivity contribution is 7.99. The molecule has 0 saturated heterocycles. The molecule has 1 aromatic heterocycles. The van der Waals surface area contributed by atoms with Crippen LogP contribution in [0.3, 0.4) is 0 Å². The first-order valence-electron chi connectivity index (χ1n) is 7.90. The molecule has 0 aliphatic carbocycles. The monoisotopic (exact) mass is 363 g/mol. The Balaban J connectivity index is 1.50. The van der Waals surface area contributed by atoms with Crippen LogP contribution in [-0.2, 0) is 11.3 Å². The predicted molar refractivity (Wildman–Crippen MR) is 92.4 cm³/mol. The SMILES string of the molecule is Cc1cnc2n(c1=O)CC(C(=O)NCCOc1ccc(F)cc1)CS2. The van der Waals surface area contributed by atoms with E-state index < -0.39 is 0 Å². The van der Waals surface area contributed by atoms with Gasteiger partial charge in [-0.3, -0.25) is 14.2 Å². The van der Waals surface area contributed by atoms with Crippen molar-refractivity contribution in [3.05, 3.63) is 52.2 Å². The number of rotatable bonds is 5. The van der Waals surface area contributed by atoms with Gasteiger partial charge in [0.2, 0.25) is 5.91 Å². The minimum absolute atomic E-state index is 0.102. The number of thioether (sulfide) groups is 1. The van der Waals surface area contributed by atoms with Crippen LogP contribution in [0, 0.1) is 18.7 Å². The molecule has 1 atom stereocenters. The maximum Gasteiger partial charge on any atom is 0.257 e. The number of nitrogens with one attached hydrogen (secondary N) is 1. The Morgan fingerprint density at radius 2 is 2.20 bits per heavy atom. The highest BCUT2D eigenvalue weighted by atomic mass is 32.2. The van der Waals surface area contributed by atoms with E-state index >= 15 is 0 Å². The third-order valence-corrected chi connectivity index (χ3v) is 5.01. The molecule has 8 heteroatoms. The molecule has 1 amide bonds. The zero-order chi connectivity index (χ0) is 17.8. The number of nitrogens with zero attached hydrogens (tertiary/aromatic N) is 2. The van der Waals surface area contributed by atoms with Gasteiger partial charge < -0.3 is 10.1 Å². The number of hydrogen-bond donors (Lipinski definition) is 1. The fourth-order valence-electron chi connectivity index (χ4n) is 2.48. The lowest BCUT2D eigenvalue weighted by atomic mass is 10.1. The second kappa shape index (κ2) is 7.69. The Labute approximate surface area is 148 Å². The van der Waals surface area contributed by atoms with Crippen molar-refractivity contribution in [2.75, 3.05) is 18.9 Å². The van der Waals surface area contributed by atoms with Crippen LogP contribution in [0.2, 0.25) is 0 Å². The van der Waals surface area contributed by atoms with E-state index in [9.17, 15) is 14.0 Å². The summed E-state index contributed by atoms with van der Waals surface area (Å²) in [7, 11) is 0. The van der Waals surface area contributed by atoms with Crippen molar-refractivity contribution < 1.29 is 13.9 Å². The van der Waals surface area contributed by atoms with E-state index in [2.05, 4.69) is 10.3 Å². The van der Waals surface area contributed by atoms with Crippen molar-refractivity contribution >= 4 is 17.7 Å². The molecule has 0 saturated carbocycles. The highest BCUT2D eigenvalue weighted by Gasteiger charge is 2.26. The number of carbonyl (C=O) groups excluding carboxylic acids is 1. The minimum Gasteiger partial charge on any atom is -0.492 e. The fraction of sp³-hybridized carbons (Fsp3) is 0.353. The van der Waals surface area contributed by atoms with Gasteiger partial charge in [-0.1, -0.05) is 11.8 Å². The van der Waals surface area contributed by atoms with E-state index in [1.807, 2.05) is 0 Å². The van der Waals surface area contributed by atoms with Gasteiger partial charge in [0.05, 0.1) is 12.5 Å². The van der Waals surface area contributed by atoms with Gasteiger partial charge in [-0.25, -0.2) is 9.37 Å². The van der Waals surface area contributed by atoms with Gasteiger partial charge >= 0.3 is 0 Å². The van der Waals surface area contributed by atoms with Gasteiger partial charge in [0.1, 0.15) is 18.2 Å². The van der Waals surface area contributed by atoms with Crippen LogP contribution in [0.4, 0.5) is 4.39 Å². The fourth-order valence-corrected chi connectivity index (χ4v) is 3.53. The lowest BCUT2D eigenvalue weighted by Crippen LogP contribution is -2.41. The first kappa shape index (κ1) is 17.5. The molecular weight excluding hydrogens is 345 g/mol. The lowest BCUT2D eigenvalue weighted by molar-refractivity contribution is -0.124. The number of aryl methyl sites for hydroxylation is 1. The van der Waals surface area contributed by atoms with Crippen LogP contribution >= 0.6 is 11.8 Å². The molecular formula is C17H18FN3O3S. The van der Waals surface area contributed by atoms with Crippen molar-refractivity contribution in [1.29, 1.82) is 0 Å². The van der Waals surface area contributed by atoms with Gasteiger partial charge in [0.15, 0.2) is 5.16 Å². The molecule has 2 heterocycles. The smallest absolute Gasteiger partial charge is 0.257 e. The van der Waals surface area contributed by atoms with Gasteiger partial charge in [0.25, 0.3) is 5.56 Å². The van der Waals surface area contributed by atoms with Crippen molar-refractivity contribution in [2.45, 2.75) is 18.6 Å². The van der Waals surface area contributed by atoms with Crippen LogP contribution in [-0.4, -0.2) is 34.4 Å². The number of benzene rings is 1. The highest BCUT2D eigenvalue weighted by Crippen LogP contribution is 2.24. The zero-order valence-corrected chi connectivity index (χ0v) is 14.5. The second-order valence-corrected chi connectivity index (χ2v) is 6.73. The molecule has 1 aromatic carbocycles. The van der Waals surface area contributed by atoms with E-state index in [4.69, 9.17) is 4.74 Å². The number of fused-ring (bicyclic) bond motifs is 1. The first-order chi connectivity index (χ1) is 12.0. The molecule has 0 fully saturated rings. The van der Waals surface area contributed by atoms with E-state index in [-0.39, 0.29) is 29.8 Å². The van der Waals surface area contributed by atoms with Crippen molar-refractivity contribution in [1.82, 2.24) is 14.9 Å². The van der Waals surface area contributed by atoms with E-state index in [1.165, 1.54) is 36.0 Å². The summed E-state index contributed by atoms with van der Waals surface area (Å²) < 4.78 is 19.8. The van der Waals surface area contributed by atoms with Crippen LogP contribution in [0.1, 0.15) is 5.56 Å². The van der Waals surface area contributed by atoms with Gasteiger partial charge in [-0.15, -0.1) is 0 Å². The molecule has 1 unspecified atom stereocenters. The van der Waals surface area contributed by atoms with Crippen LogP contribution in [0.15, 0.2) is 40.4 Å². The lowest BCUT2D eigenvalue weighted by Gasteiger charge is -2.24. The minimum atomic E-state index is -0.323. The Bertz CT molecular complexity index is 823. The summed E-state index contributed by atoms with van der Waals surface area (Å²) in [4.78, 5) is 28.7. The largest absolute Gasteiger partial charge is 0.492 e. The normalized spacial score (nSPS) is 16.2. The summed E-state index contributed by atoms with van der Waals surface area (Å²) in [5.74, 6) is 0.403. The first-order valence-corrected chi connectivity index (χ1v) is 8.88. The van der Waals surface area contributed by atoms with Crippen LogP contribution in [0.25, 0.3) is 0 Å². The summed E-state index contributed by atoms with van der Waals surface area (Å²) in [6, 6.07) is 5.71. The average Bonchev–Trinajstić information content (AvgIpc) is 2.63. The molecule has 1 aliphatic rings. The summed E-state index contributed by atoms with van der Waals surface area (Å²) in [5.41, 5.74) is 0.466. The molecule has 3 rings (SSSR count). The Morgan fingerprint density at radius 3 is 2.96 bits per heavy atom. The Hall–Kier alpha value is -2.35. The number of carbonyl (C=O) groups is 1. The molecule has 2 aromatic rings. The van der Waals surface area contributed by atoms with Crippen molar-refractivity contribution in [3.8, 4) is 5.75 Å². The number of ether oxygens (including phenoxy) is 1. The number of amides is 1. The quantitative estimate of drug-likeness (QED) is 0.645. The molecule has 1 N–H and O–H groups in total. The molecule has 25 heavy (non-hydrogen) atoms. The summed E-state index contributed by atoms with van der Waals surface area (Å²) in [6.45, 7) is 2.67. The Morgan fingerprint density at radius 1 is 1.44 bits per heavy atom. The molecule has 0 bridgehead atoms. The van der Waals surface area contributed by atoms with Gasteiger partial charge in [-0.05, 0) is 31.2 Å². The van der Waals surface area contributed by atoms with Crippen molar-refractivity contribution in [2.24, 2.45) is 5.92 Å². The average molecular weight is 363 g/mol. The molecule has 132 valence electrons. The molecule has 1 aliphatic heterocycles. The van der Waals surface area contributed by atoms with Gasteiger partial charge in [0, 0.05) is 24.1 Å². The number of aromatic nitrogens is 2. The summed E-state index contributed by atoms with van der Waals surface area (Å²) >= 11 is 1.41. The standard InChI is InChI=1S/C17H18FN3O3S/c1-11-8-20-17-21(16(11)23)9-12(10-25-17)15(22)19-6-7-24-14-4-2-13(18)3-5-14/h2-5,8,12H,6-7,9-10H2,1H3,(H,19,22). The van der Waals surface area contributed by atoms with E-state index in [0.717, 1.165) is 0 Å². The maximum absolute atomic E-state index is 12.8. The van der Waals surface area contributed by atoms with Crippen molar-refractivity contribution in [3.63, 3.8) is 0 Å². The van der Waals surface area contributed by atoms with E-state index in [0.29, 0.717) is 35.3 Å². The number of hydrogen-bond acceptors (Lipinski definition) is 5. The third kappa shape index (κ3) is 4.19. The van der Waals surface area contributed by atoms with Crippen LogP contribution in [0.5, 0.6) is 5.75 Å². The third-order valence-electron chi connectivity index (χ3n) is 3.85. The summed E-state index contributed by atoms with van der Waals surface area (Å²) in [5, 5.41) is 3.46. The summed E-state index contributed by atoms with van der Waals surface area (Å²) in [6.07, 6.45) is 1.56. The maximum atomic E-state index is 12.8. The van der Waals surface area contributed by atoms with Crippen LogP contribution < -0.4 is 15.6 Å². The number of halogens is 1. The second-order valence-electron chi connectivity index (χ2n) is 5.74.